The smallest absolute Gasteiger partial charge is 0.0801 e. The highest BCUT2D eigenvalue weighted by Gasteiger charge is 2.16. The van der Waals surface area contributed by atoms with Gasteiger partial charge in [0.15, 0.2) is 0 Å². The van der Waals surface area contributed by atoms with Crippen molar-refractivity contribution in [1.29, 1.82) is 0 Å². The van der Waals surface area contributed by atoms with Crippen LogP contribution < -0.4 is 0 Å². The molecule has 0 aromatic rings. The Morgan fingerprint density at radius 3 is 2.00 bits per heavy atom. The number of halogens is 1. The molecule has 0 aromatic carbocycles. The standard InChI is InChI=1S/C5H10ClNO/c1-4(7-8)5(2,3)6/h8H,1-3H3. The average molecular weight is 136 g/mol. The topological polar surface area (TPSA) is 32.6 Å². The van der Waals surface area contributed by atoms with Crippen molar-refractivity contribution in [2.45, 2.75) is 25.6 Å². The van der Waals surface area contributed by atoms with Gasteiger partial charge in [-0.1, -0.05) is 5.16 Å². The first-order valence-electron chi connectivity index (χ1n) is 2.36. The van der Waals surface area contributed by atoms with E-state index in [1.807, 2.05) is 0 Å². The summed E-state index contributed by atoms with van der Waals surface area (Å²) in [5.74, 6) is 0. The van der Waals surface area contributed by atoms with Crippen LogP contribution >= 0.6 is 11.6 Å². The van der Waals surface area contributed by atoms with Crippen LogP contribution in [0, 0.1) is 0 Å². The summed E-state index contributed by atoms with van der Waals surface area (Å²) >= 11 is 5.69. The van der Waals surface area contributed by atoms with Gasteiger partial charge in [-0.2, -0.15) is 0 Å². The van der Waals surface area contributed by atoms with E-state index < -0.39 is 4.87 Å². The van der Waals surface area contributed by atoms with Crippen molar-refractivity contribution >= 4 is 17.3 Å². The van der Waals surface area contributed by atoms with E-state index in [0.29, 0.717) is 5.71 Å². The quantitative estimate of drug-likeness (QED) is 0.253. The van der Waals surface area contributed by atoms with Gasteiger partial charge < -0.3 is 5.21 Å². The lowest BCUT2D eigenvalue weighted by molar-refractivity contribution is 0.316. The third-order valence-corrected chi connectivity index (χ3v) is 1.28. The molecule has 0 unspecified atom stereocenters. The number of hydrogen-bond acceptors (Lipinski definition) is 2. The number of alkyl halides is 1. The third kappa shape index (κ3) is 2.17. The lowest BCUT2D eigenvalue weighted by Crippen LogP contribution is -2.21. The summed E-state index contributed by atoms with van der Waals surface area (Å²) in [5.41, 5.74) is 0.527. The van der Waals surface area contributed by atoms with Crippen LogP contribution in [0.5, 0.6) is 0 Å². The molecule has 0 amide bonds. The molecule has 0 rings (SSSR count). The lowest BCUT2D eigenvalue weighted by atomic mass is 10.1. The normalized spacial score (nSPS) is 14.2. The Labute approximate surface area is 54.1 Å². The molecule has 0 fully saturated rings. The van der Waals surface area contributed by atoms with Crippen LogP contribution in [0.25, 0.3) is 0 Å². The van der Waals surface area contributed by atoms with Crippen molar-refractivity contribution in [2.75, 3.05) is 0 Å². The summed E-state index contributed by atoms with van der Waals surface area (Å²) in [5, 5.41) is 11.1. The molecule has 0 bridgehead atoms. The fraction of sp³-hybridized carbons (Fsp3) is 0.800. The fourth-order valence-corrected chi connectivity index (χ4v) is 0.157. The molecule has 0 saturated heterocycles. The summed E-state index contributed by atoms with van der Waals surface area (Å²) < 4.78 is 0. The molecule has 0 atom stereocenters. The first-order valence-corrected chi connectivity index (χ1v) is 2.74. The van der Waals surface area contributed by atoms with Crippen LogP contribution in [0.1, 0.15) is 20.8 Å². The monoisotopic (exact) mass is 135 g/mol. The Hall–Kier alpha value is -0.240. The van der Waals surface area contributed by atoms with E-state index in [1.165, 1.54) is 0 Å². The highest BCUT2D eigenvalue weighted by atomic mass is 35.5. The summed E-state index contributed by atoms with van der Waals surface area (Å²) in [4.78, 5) is -0.519. The van der Waals surface area contributed by atoms with E-state index in [0.717, 1.165) is 0 Å². The van der Waals surface area contributed by atoms with Gasteiger partial charge in [-0.3, -0.25) is 0 Å². The first kappa shape index (κ1) is 7.76. The minimum atomic E-state index is -0.519. The molecule has 3 heteroatoms. The van der Waals surface area contributed by atoms with E-state index >= 15 is 0 Å². The lowest BCUT2D eigenvalue weighted by Gasteiger charge is -2.11. The van der Waals surface area contributed by atoms with Gasteiger partial charge >= 0.3 is 0 Å². The number of hydrogen-bond donors (Lipinski definition) is 1. The molecule has 0 aliphatic carbocycles. The van der Waals surface area contributed by atoms with Gasteiger partial charge in [0.2, 0.25) is 0 Å². The van der Waals surface area contributed by atoms with Crippen LogP contribution in [0.15, 0.2) is 5.16 Å². The summed E-state index contributed by atoms with van der Waals surface area (Å²) in [7, 11) is 0. The molecule has 0 saturated carbocycles. The Morgan fingerprint density at radius 1 is 1.62 bits per heavy atom. The van der Waals surface area contributed by atoms with Gasteiger partial charge in [0, 0.05) is 0 Å². The van der Waals surface area contributed by atoms with E-state index in [2.05, 4.69) is 5.16 Å². The van der Waals surface area contributed by atoms with Crippen molar-refractivity contribution in [3.8, 4) is 0 Å². The predicted octanol–water partition coefficient (Wildman–Crippen LogP) is 1.85. The van der Waals surface area contributed by atoms with Crippen molar-refractivity contribution < 1.29 is 5.21 Å². The highest BCUT2D eigenvalue weighted by Crippen LogP contribution is 2.13. The Kier molecular flexibility index (Phi) is 2.28. The van der Waals surface area contributed by atoms with Gasteiger partial charge in [-0.05, 0) is 20.8 Å². The second kappa shape index (κ2) is 2.35. The van der Waals surface area contributed by atoms with Gasteiger partial charge in [0.1, 0.15) is 0 Å². The molecule has 8 heavy (non-hydrogen) atoms. The van der Waals surface area contributed by atoms with Gasteiger partial charge in [-0.25, -0.2) is 0 Å². The maximum Gasteiger partial charge on any atom is 0.0801 e. The van der Waals surface area contributed by atoms with E-state index in [-0.39, 0.29) is 0 Å². The molecule has 0 heterocycles. The SMILES string of the molecule is CC(=NO)C(C)(C)Cl. The second-order valence-corrected chi connectivity index (χ2v) is 3.10. The number of oxime groups is 1. The van der Waals surface area contributed by atoms with Crippen LogP contribution in [-0.4, -0.2) is 15.8 Å². The van der Waals surface area contributed by atoms with E-state index in [4.69, 9.17) is 16.8 Å². The summed E-state index contributed by atoms with van der Waals surface area (Å²) in [6, 6.07) is 0. The molecule has 0 aliphatic heterocycles. The Balaban J connectivity index is 4.03. The molecule has 0 radical (unpaired) electrons. The zero-order valence-corrected chi connectivity index (χ0v) is 6.03. The zero-order chi connectivity index (χ0) is 6.78. The molecule has 0 spiro atoms. The maximum atomic E-state index is 8.17. The molecule has 48 valence electrons. The average Bonchev–Trinajstić information content (AvgIpc) is 1.62. The molecule has 1 N–H and O–H groups in total. The van der Waals surface area contributed by atoms with Crippen LogP contribution in [0.4, 0.5) is 0 Å². The van der Waals surface area contributed by atoms with E-state index in [9.17, 15) is 0 Å². The van der Waals surface area contributed by atoms with Crippen molar-refractivity contribution in [2.24, 2.45) is 5.16 Å². The molecular weight excluding hydrogens is 126 g/mol. The van der Waals surface area contributed by atoms with Gasteiger partial charge in [0.05, 0.1) is 10.6 Å². The Bertz CT molecular complexity index is 103. The molecule has 0 aromatic heterocycles. The summed E-state index contributed by atoms with van der Waals surface area (Å²) in [6.07, 6.45) is 0. The first-order chi connectivity index (χ1) is 3.48. The molecule has 2 nitrogen and oxygen atoms in total. The van der Waals surface area contributed by atoms with Crippen LogP contribution in [0.2, 0.25) is 0 Å². The minimum absolute atomic E-state index is 0.519. The molecular formula is C5H10ClNO. The second-order valence-electron chi connectivity index (χ2n) is 2.16. The van der Waals surface area contributed by atoms with Crippen molar-refractivity contribution in [3.05, 3.63) is 0 Å². The van der Waals surface area contributed by atoms with Gasteiger partial charge in [-0.15, -0.1) is 11.6 Å². The minimum Gasteiger partial charge on any atom is -0.411 e. The highest BCUT2D eigenvalue weighted by molar-refractivity contribution is 6.35. The predicted molar refractivity (Wildman–Crippen MR) is 34.8 cm³/mol. The van der Waals surface area contributed by atoms with Crippen LogP contribution in [-0.2, 0) is 0 Å². The molecule has 0 aliphatic rings. The van der Waals surface area contributed by atoms with Gasteiger partial charge in [0.25, 0.3) is 0 Å². The number of nitrogens with zero attached hydrogens (tertiary/aromatic N) is 1. The van der Waals surface area contributed by atoms with Crippen molar-refractivity contribution in [1.82, 2.24) is 0 Å². The Morgan fingerprint density at radius 2 is 2.00 bits per heavy atom. The maximum absolute atomic E-state index is 8.17. The number of rotatable bonds is 1. The summed E-state index contributed by atoms with van der Waals surface area (Å²) in [6.45, 7) is 5.21. The van der Waals surface area contributed by atoms with Crippen LogP contribution in [0.3, 0.4) is 0 Å². The zero-order valence-electron chi connectivity index (χ0n) is 5.27. The largest absolute Gasteiger partial charge is 0.411 e. The van der Waals surface area contributed by atoms with Crippen molar-refractivity contribution in [3.63, 3.8) is 0 Å². The fourth-order valence-electron chi connectivity index (χ4n) is 0.119. The third-order valence-electron chi connectivity index (χ3n) is 1.01. The van der Waals surface area contributed by atoms with E-state index in [1.54, 1.807) is 20.8 Å².